The molecule has 0 aliphatic carbocycles. The second-order valence-electron chi connectivity index (χ2n) is 10.1. The number of nitrogens with one attached hydrogen (secondary N) is 1. The number of fused-ring (bicyclic) bond motifs is 1. The van der Waals surface area contributed by atoms with Crippen LogP contribution in [0.3, 0.4) is 0 Å². The van der Waals surface area contributed by atoms with E-state index in [1.54, 1.807) is 24.5 Å². The minimum absolute atomic E-state index is 0.0161. The number of hydrogen-bond acceptors (Lipinski definition) is 7. The maximum Gasteiger partial charge on any atom is 0.169 e. The summed E-state index contributed by atoms with van der Waals surface area (Å²) in [7, 11) is 0. The van der Waals surface area contributed by atoms with Crippen molar-refractivity contribution in [3.8, 4) is 16.9 Å². The summed E-state index contributed by atoms with van der Waals surface area (Å²) in [6.45, 7) is 5.64. The second kappa shape index (κ2) is 11.4. The van der Waals surface area contributed by atoms with E-state index in [-0.39, 0.29) is 33.5 Å². The Hall–Kier alpha value is -3.39. The van der Waals surface area contributed by atoms with Crippen LogP contribution in [0.2, 0.25) is 10.0 Å². The molecular weight excluding hydrogens is 533 g/mol. The molecule has 0 spiro atoms. The van der Waals surface area contributed by atoms with Gasteiger partial charge < -0.3 is 21.1 Å². The zero-order valence-corrected chi connectivity index (χ0v) is 23.4. The molecule has 7 nitrogen and oxygen atoms in total. The van der Waals surface area contributed by atoms with Gasteiger partial charge in [0.25, 0.3) is 0 Å². The SMILES string of the molecule is CCC(C)C(=O)c1cnc2ccc(-c3cc(Cl)c(O)c(Cl)c3)cc2c1Nc1ccc(N2CCCC(N)C2)nc1. The van der Waals surface area contributed by atoms with Crippen LogP contribution in [0, 0.1) is 5.92 Å². The van der Waals surface area contributed by atoms with E-state index in [1.165, 1.54) is 0 Å². The number of carbonyl (C=O) groups is 1. The Morgan fingerprint density at radius 2 is 1.90 bits per heavy atom. The van der Waals surface area contributed by atoms with Crippen molar-refractivity contribution in [1.29, 1.82) is 0 Å². The first-order valence-corrected chi connectivity index (χ1v) is 13.9. The maximum atomic E-state index is 13.4. The van der Waals surface area contributed by atoms with Crippen molar-refractivity contribution in [1.82, 2.24) is 9.97 Å². The Kier molecular flexibility index (Phi) is 7.93. The van der Waals surface area contributed by atoms with Gasteiger partial charge in [-0.2, -0.15) is 0 Å². The average molecular weight is 565 g/mol. The van der Waals surface area contributed by atoms with Gasteiger partial charge in [-0.15, -0.1) is 0 Å². The molecule has 4 N–H and O–H groups in total. The van der Waals surface area contributed by atoms with Gasteiger partial charge in [-0.3, -0.25) is 9.78 Å². The predicted molar refractivity (Wildman–Crippen MR) is 160 cm³/mol. The number of piperidine rings is 1. The number of carbonyl (C=O) groups excluding carboxylic acids is 1. The van der Waals surface area contributed by atoms with Crippen molar-refractivity contribution in [2.75, 3.05) is 23.3 Å². The zero-order valence-electron chi connectivity index (χ0n) is 21.9. The Morgan fingerprint density at radius 3 is 2.56 bits per heavy atom. The minimum atomic E-state index is -0.161. The molecule has 2 aromatic heterocycles. The van der Waals surface area contributed by atoms with Gasteiger partial charge in [-0.05, 0) is 66.8 Å². The summed E-state index contributed by atoms with van der Waals surface area (Å²) in [5, 5.41) is 14.6. The fraction of sp³-hybridized carbons (Fsp3) is 0.300. The molecule has 39 heavy (non-hydrogen) atoms. The number of nitrogens with zero attached hydrogens (tertiary/aromatic N) is 3. The standard InChI is InChI=1S/C30H31Cl2N5O2/c1-3-17(2)29(38)23-15-34-26-8-6-18(19-12-24(31)30(39)25(32)13-19)11-22(26)28(23)36-21-7-9-27(35-14-21)37-10-4-5-20(33)16-37/h6-9,11-15,17,20,39H,3-5,10,16,33H2,1-2H3,(H,34,36). The Balaban J connectivity index is 1.58. The molecular formula is C30H31Cl2N5O2. The number of aromatic hydroxyl groups is 1. The highest BCUT2D eigenvalue weighted by Crippen LogP contribution is 2.39. The number of benzene rings is 2. The van der Waals surface area contributed by atoms with Crippen LogP contribution in [-0.2, 0) is 0 Å². The monoisotopic (exact) mass is 563 g/mol. The summed E-state index contributed by atoms with van der Waals surface area (Å²) in [4.78, 5) is 24.9. The number of hydrogen-bond donors (Lipinski definition) is 3. The number of Topliss-reactive ketones (excluding diaryl/α,β-unsaturated/α-hetero) is 1. The van der Waals surface area contributed by atoms with Crippen molar-refractivity contribution in [3.63, 3.8) is 0 Å². The van der Waals surface area contributed by atoms with Crippen LogP contribution in [-0.4, -0.2) is 40.0 Å². The molecule has 2 unspecified atom stereocenters. The summed E-state index contributed by atoms with van der Waals surface area (Å²) < 4.78 is 0. The molecule has 0 bridgehead atoms. The van der Waals surface area contributed by atoms with Crippen molar-refractivity contribution in [2.24, 2.45) is 11.7 Å². The molecule has 4 aromatic rings. The molecule has 2 atom stereocenters. The largest absolute Gasteiger partial charge is 0.505 e. The molecule has 1 aliphatic rings. The van der Waals surface area contributed by atoms with Crippen molar-refractivity contribution in [2.45, 2.75) is 39.2 Å². The average Bonchev–Trinajstić information content (AvgIpc) is 2.95. The van der Waals surface area contributed by atoms with Gasteiger partial charge in [0.15, 0.2) is 11.5 Å². The number of phenols is 1. The lowest BCUT2D eigenvalue weighted by atomic mass is 9.94. The number of pyridine rings is 2. The van der Waals surface area contributed by atoms with Crippen molar-refractivity contribution in [3.05, 3.63) is 70.5 Å². The number of rotatable bonds is 7. The van der Waals surface area contributed by atoms with Crippen LogP contribution < -0.4 is 16.0 Å². The molecule has 0 amide bonds. The molecule has 0 radical (unpaired) electrons. The van der Waals surface area contributed by atoms with Gasteiger partial charge in [-0.1, -0.05) is 43.1 Å². The van der Waals surface area contributed by atoms with Gasteiger partial charge in [0.2, 0.25) is 0 Å². The Morgan fingerprint density at radius 1 is 1.13 bits per heavy atom. The Bertz CT molecular complexity index is 1500. The lowest BCUT2D eigenvalue weighted by molar-refractivity contribution is 0.0928. The first-order valence-electron chi connectivity index (χ1n) is 13.1. The smallest absolute Gasteiger partial charge is 0.169 e. The van der Waals surface area contributed by atoms with Crippen LogP contribution in [0.15, 0.2) is 54.9 Å². The van der Waals surface area contributed by atoms with Crippen LogP contribution >= 0.6 is 23.2 Å². The third-order valence-corrected chi connectivity index (χ3v) is 7.92. The summed E-state index contributed by atoms with van der Waals surface area (Å²) in [5.41, 5.74) is 10.4. The van der Waals surface area contributed by atoms with E-state index in [0.717, 1.165) is 65.9 Å². The van der Waals surface area contributed by atoms with Gasteiger partial charge in [-0.25, -0.2) is 4.98 Å². The number of phenolic OH excluding ortho intramolecular Hbond substituents is 1. The van der Waals surface area contributed by atoms with E-state index in [1.807, 2.05) is 44.2 Å². The van der Waals surface area contributed by atoms with Crippen LogP contribution in [0.4, 0.5) is 17.2 Å². The first-order chi connectivity index (χ1) is 18.7. The second-order valence-corrected chi connectivity index (χ2v) is 10.9. The van der Waals surface area contributed by atoms with Crippen LogP contribution in [0.25, 0.3) is 22.0 Å². The molecule has 9 heteroatoms. The summed E-state index contributed by atoms with van der Waals surface area (Å²) >= 11 is 12.4. The molecule has 0 saturated carbocycles. The number of anilines is 3. The third-order valence-electron chi connectivity index (χ3n) is 7.34. The van der Waals surface area contributed by atoms with Gasteiger partial charge >= 0.3 is 0 Å². The van der Waals surface area contributed by atoms with E-state index in [9.17, 15) is 9.90 Å². The molecule has 1 aliphatic heterocycles. The number of nitrogens with two attached hydrogens (primary N) is 1. The third kappa shape index (κ3) is 5.66. The highest BCUT2D eigenvalue weighted by atomic mass is 35.5. The summed E-state index contributed by atoms with van der Waals surface area (Å²) in [6.07, 6.45) is 6.22. The molecule has 5 rings (SSSR count). The van der Waals surface area contributed by atoms with E-state index >= 15 is 0 Å². The minimum Gasteiger partial charge on any atom is -0.505 e. The summed E-state index contributed by atoms with van der Waals surface area (Å²) in [5.74, 6) is 0.583. The van der Waals surface area contributed by atoms with E-state index in [4.69, 9.17) is 28.9 Å². The molecule has 1 saturated heterocycles. The number of ketones is 1. The number of aromatic nitrogens is 2. The normalized spacial score (nSPS) is 16.3. The summed E-state index contributed by atoms with van der Waals surface area (Å²) in [6, 6.07) is 13.2. The highest BCUT2D eigenvalue weighted by Gasteiger charge is 2.22. The highest BCUT2D eigenvalue weighted by molar-refractivity contribution is 6.37. The molecule has 1 fully saturated rings. The predicted octanol–water partition coefficient (Wildman–Crippen LogP) is 7.21. The van der Waals surface area contributed by atoms with Crippen LogP contribution in [0.1, 0.15) is 43.5 Å². The van der Waals surface area contributed by atoms with Crippen LogP contribution in [0.5, 0.6) is 5.75 Å². The van der Waals surface area contributed by atoms with Gasteiger partial charge in [0, 0.05) is 36.6 Å². The lowest BCUT2D eigenvalue weighted by Crippen LogP contribution is -2.43. The lowest BCUT2D eigenvalue weighted by Gasteiger charge is -2.31. The van der Waals surface area contributed by atoms with Gasteiger partial charge in [0.1, 0.15) is 5.82 Å². The topological polar surface area (TPSA) is 104 Å². The fourth-order valence-electron chi connectivity index (χ4n) is 4.89. The van der Waals surface area contributed by atoms with E-state index < -0.39 is 0 Å². The van der Waals surface area contributed by atoms with E-state index in [0.29, 0.717) is 11.3 Å². The fourth-order valence-corrected chi connectivity index (χ4v) is 5.37. The van der Waals surface area contributed by atoms with Gasteiger partial charge in [0.05, 0.1) is 38.7 Å². The molecule has 3 heterocycles. The zero-order chi connectivity index (χ0) is 27.7. The van der Waals surface area contributed by atoms with Crippen molar-refractivity contribution < 1.29 is 9.90 Å². The quantitative estimate of drug-likeness (QED) is 0.204. The maximum absolute atomic E-state index is 13.4. The first kappa shape index (κ1) is 27.2. The number of halogens is 2. The van der Waals surface area contributed by atoms with E-state index in [2.05, 4.69) is 20.2 Å². The van der Waals surface area contributed by atoms with Crippen molar-refractivity contribution >= 4 is 57.1 Å². The Labute approximate surface area is 238 Å². The molecule has 202 valence electrons. The molecule has 2 aromatic carbocycles.